The molecule has 1 saturated heterocycles. The first-order valence-corrected chi connectivity index (χ1v) is 8.16. The predicted molar refractivity (Wildman–Crippen MR) is 93.2 cm³/mol. The van der Waals surface area contributed by atoms with Gasteiger partial charge in [-0.25, -0.2) is 10.9 Å². The lowest BCUT2D eigenvalue weighted by Crippen LogP contribution is -2.39. The van der Waals surface area contributed by atoms with Crippen molar-refractivity contribution in [2.75, 3.05) is 12.4 Å². The number of rotatable bonds is 4. The summed E-state index contributed by atoms with van der Waals surface area (Å²) in [5.74, 6) is 0.651. The summed E-state index contributed by atoms with van der Waals surface area (Å²) in [5, 5.41) is 2.91. The number of halogens is 1. The highest BCUT2D eigenvalue weighted by Gasteiger charge is 2.30. The van der Waals surface area contributed by atoms with Crippen LogP contribution in [0.4, 0.5) is 5.69 Å². The smallest absolute Gasteiger partial charge is 0.242 e. The van der Waals surface area contributed by atoms with E-state index in [1.807, 2.05) is 42.5 Å². The summed E-state index contributed by atoms with van der Waals surface area (Å²) >= 11 is 3.43. The monoisotopic (exact) mass is 375 g/mol. The minimum Gasteiger partial charge on any atom is -0.497 e. The summed E-state index contributed by atoms with van der Waals surface area (Å²) in [4.78, 5) is 12.4. The minimum atomic E-state index is -0.283. The molecule has 0 spiro atoms. The van der Waals surface area contributed by atoms with Gasteiger partial charge in [0.05, 0.1) is 7.11 Å². The fourth-order valence-electron chi connectivity index (χ4n) is 2.57. The van der Waals surface area contributed by atoms with E-state index in [1.165, 1.54) is 0 Å². The van der Waals surface area contributed by atoms with E-state index in [0.717, 1.165) is 15.7 Å². The number of ether oxygens (including phenoxy) is 1. The SMILES string of the molecule is COc1cccc(NC(=O)C2CC(c3ccc(Br)cc3)NN2)c1. The summed E-state index contributed by atoms with van der Waals surface area (Å²) in [7, 11) is 1.60. The normalized spacial score (nSPS) is 20.3. The van der Waals surface area contributed by atoms with Gasteiger partial charge in [-0.3, -0.25) is 4.79 Å². The molecule has 0 aromatic heterocycles. The number of nitrogens with one attached hydrogen (secondary N) is 3. The Labute approximate surface area is 143 Å². The molecule has 1 aliphatic rings. The molecule has 1 fully saturated rings. The maximum Gasteiger partial charge on any atom is 0.242 e. The van der Waals surface area contributed by atoms with E-state index in [0.29, 0.717) is 12.2 Å². The zero-order valence-corrected chi connectivity index (χ0v) is 14.3. The van der Waals surface area contributed by atoms with Gasteiger partial charge >= 0.3 is 0 Å². The Morgan fingerprint density at radius 1 is 1.22 bits per heavy atom. The summed E-state index contributed by atoms with van der Waals surface area (Å²) < 4.78 is 6.20. The van der Waals surface area contributed by atoms with Gasteiger partial charge in [0.25, 0.3) is 0 Å². The van der Waals surface area contributed by atoms with Crippen LogP contribution in [0.15, 0.2) is 53.0 Å². The molecule has 0 aliphatic carbocycles. The van der Waals surface area contributed by atoms with Crippen LogP contribution >= 0.6 is 15.9 Å². The van der Waals surface area contributed by atoms with E-state index in [1.54, 1.807) is 13.2 Å². The van der Waals surface area contributed by atoms with Crippen LogP contribution in [-0.2, 0) is 4.79 Å². The first-order valence-electron chi connectivity index (χ1n) is 7.37. The maximum atomic E-state index is 12.4. The number of hydrazine groups is 1. The van der Waals surface area contributed by atoms with E-state index >= 15 is 0 Å². The Hall–Kier alpha value is -1.89. The van der Waals surface area contributed by atoms with E-state index in [4.69, 9.17) is 4.74 Å². The van der Waals surface area contributed by atoms with Crippen LogP contribution < -0.4 is 20.9 Å². The van der Waals surface area contributed by atoms with Crippen molar-refractivity contribution in [3.05, 3.63) is 58.6 Å². The number of benzene rings is 2. The molecule has 120 valence electrons. The van der Waals surface area contributed by atoms with Gasteiger partial charge in [0, 0.05) is 22.3 Å². The highest BCUT2D eigenvalue weighted by Crippen LogP contribution is 2.24. The lowest BCUT2D eigenvalue weighted by Gasteiger charge is -2.11. The quantitative estimate of drug-likeness (QED) is 0.768. The Bertz CT molecular complexity index is 690. The molecular weight excluding hydrogens is 358 g/mol. The van der Waals surface area contributed by atoms with E-state index in [-0.39, 0.29) is 18.0 Å². The molecule has 23 heavy (non-hydrogen) atoms. The van der Waals surface area contributed by atoms with Gasteiger partial charge in [-0.1, -0.05) is 34.1 Å². The van der Waals surface area contributed by atoms with Crippen LogP contribution in [0.3, 0.4) is 0 Å². The predicted octanol–water partition coefficient (Wildman–Crippen LogP) is 3.00. The van der Waals surface area contributed by atoms with Gasteiger partial charge in [0.15, 0.2) is 0 Å². The van der Waals surface area contributed by atoms with Gasteiger partial charge in [0.1, 0.15) is 11.8 Å². The molecule has 0 radical (unpaired) electrons. The van der Waals surface area contributed by atoms with Crippen molar-refractivity contribution < 1.29 is 9.53 Å². The first-order chi connectivity index (χ1) is 11.2. The average Bonchev–Trinajstić information content (AvgIpc) is 3.06. The second-order valence-corrected chi connectivity index (χ2v) is 6.32. The standard InChI is InChI=1S/C17H18BrN3O2/c1-23-14-4-2-3-13(9-14)19-17(22)16-10-15(20-21-16)11-5-7-12(18)8-6-11/h2-9,15-16,20-21H,10H2,1H3,(H,19,22). The lowest BCUT2D eigenvalue weighted by molar-refractivity contribution is -0.117. The molecule has 1 aliphatic heterocycles. The van der Waals surface area contributed by atoms with Crippen LogP contribution in [0, 0.1) is 0 Å². The largest absolute Gasteiger partial charge is 0.497 e. The Morgan fingerprint density at radius 2 is 2.00 bits per heavy atom. The molecule has 2 aromatic carbocycles. The second kappa shape index (κ2) is 7.12. The topological polar surface area (TPSA) is 62.4 Å². The molecule has 6 heteroatoms. The van der Waals surface area contributed by atoms with Crippen LogP contribution in [0.2, 0.25) is 0 Å². The Morgan fingerprint density at radius 3 is 2.74 bits per heavy atom. The summed E-state index contributed by atoms with van der Waals surface area (Å²) in [6.07, 6.45) is 0.692. The Balaban J connectivity index is 1.61. The number of anilines is 1. The number of hydrogen-bond acceptors (Lipinski definition) is 4. The molecular formula is C17H18BrN3O2. The zero-order valence-electron chi connectivity index (χ0n) is 12.7. The molecule has 2 aromatic rings. The number of hydrogen-bond donors (Lipinski definition) is 3. The summed E-state index contributed by atoms with van der Waals surface area (Å²) in [6.45, 7) is 0. The molecule has 5 nitrogen and oxygen atoms in total. The van der Waals surface area contributed by atoms with Crippen LogP contribution in [0.1, 0.15) is 18.0 Å². The molecule has 2 unspecified atom stereocenters. The second-order valence-electron chi connectivity index (χ2n) is 5.40. The van der Waals surface area contributed by atoms with Gasteiger partial charge in [0.2, 0.25) is 5.91 Å². The molecule has 0 saturated carbocycles. The average molecular weight is 376 g/mol. The van der Waals surface area contributed by atoms with Crippen molar-refractivity contribution in [2.45, 2.75) is 18.5 Å². The van der Waals surface area contributed by atoms with E-state index < -0.39 is 0 Å². The minimum absolute atomic E-state index is 0.0645. The van der Waals surface area contributed by atoms with Crippen LogP contribution in [0.5, 0.6) is 5.75 Å². The Kier molecular flexibility index (Phi) is 4.95. The van der Waals surface area contributed by atoms with Gasteiger partial charge in [-0.05, 0) is 36.2 Å². The molecule has 2 atom stereocenters. The number of carbonyl (C=O) groups excluding carboxylic acids is 1. The van der Waals surface area contributed by atoms with Crippen LogP contribution in [-0.4, -0.2) is 19.1 Å². The number of carbonyl (C=O) groups is 1. The molecule has 1 heterocycles. The zero-order chi connectivity index (χ0) is 16.2. The summed E-state index contributed by atoms with van der Waals surface area (Å²) in [6, 6.07) is 15.3. The van der Waals surface area contributed by atoms with Gasteiger partial charge in [-0.2, -0.15) is 0 Å². The molecule has 3 N–H and O–H groups in total. The van der Waals surface area contributed by atoms with Crippen molar-refractivity contribution >= 4 is 27.5 Å². The van der Waals surface area contributed by atoms with Crippen molar-refractivity contribution in [2.24, 2.45) is 0 Å². The fraction of sp³-hybridized carbons (Fsp3) is 0.235. The van der Waals surface area contributed by atoms with Crippen molar-refractivity contribution in [1.29, 1.82) is 0 Å². The molecule has 0 bridgehead atoms. The third-order valence-corrected chi connectivity index (χ3v) is 4.36. The van der Waals surface area contributed by atoms with Gasteiger partial charge < -0.3 is 10.1 Å². The van der Waals surface area contributed by atoms with Crippen molar-refractivity contribution in [3.63, 3.8) is 0 Å². The highest BCUT2D eigenvalue weighted by molar-refractivity contribution is 9.10. The molecule has 1 amide bonds. The maximum absolute atomic E-state index is 12.4. The molecule has 3 rings (SSSR count). The highest BCUT2D eigenvalue weighted by atomic mass is 79.9. The van der Waals surface area contributed by atoms with Crippen molar-refractivity contribution in [1.82, 2.24) is 10.9 Å². The lowest BCUT2D eigenvalue weighted by atomic mass is 10.0. The first kappa shape index (κ1) is 16.0. The van der Waals surface area contributed by atoms with Crippen LogP contribution in [0.25, 0.3) is 0 Å². The number of amides is 1. The van der Waals surface area contributed by atoms with E-state index in [9.17, 15) is 4.79 Å². The number of methoxy groups -OCH3 is 1. The summed E-state index contributed by atoms with van der Waals surface area (Å²) in [5.41, 5.74) is 8.12. The third-order valence-electron chi connectivity index (χ3n) is 3.83. The fourth-order valence-corrected chi connectivity index (χ4v) is 2.84. The van der Waals surface area contributed by atoms with Gasteiger partial charge in [-0.15, -0.1) is 0 Å². The van der Waals surface area contributed by atoms with Crippen molar-refractivity contribution in [3.8, 4) is 5.75 Å². The third kappa shape index (κ3) is 3.90. The van der Waals surface area contributed by atoms with E-state index in [2.05, 4.69) is 32.1 Å².